The number of hydrogen-bond donors (Lipinski definition) is 1. The molecular formula is C20H13N5O2S. The van der Waals surface area contributed by atoms with E-state index >= 15 is 0 Å². The molecular weight excluding hydrogens is 374 g/mol. The van der Waals surface area contributed by atoms with Crippen LogP contribution in [0.25, 0.3) is 11.1 Å². The van der Waals surface area contributed by atoms with Crippen molar-refractivity contribution < 1.29 is 9.47 Å². The van der Waals surface area contributed by atoms with E-state index in [1.807, 2.05) is 12.1 Å². The molecule has 136 valence electrons. The molecule has 2 aromatic heterocycles. The lowest BCUT2D eigenvalue weighted by molar-refractivity contribution is 0.174. The van der Waals surface area contributed by atoms with Crippen molar-refractivity contribution in [3.05, 3.63) is 59.4 Å². The molecule has 3 heterocycles. The molecule has 0 atom stereocenters. The number of hydrogen-bond acceptors (Lipinski definition) is 8. The highest BCUT2D eigenvalue weighted by Crippen LogP contribution is 2.41. The zero-order valence-corrected chi connectivity index (χ0v) is 15.4. The first kappa shape index (κ1) is 17.7. The van der Waals surface area contributed by atoms with E-state index in [-0.39, 0.29) is 18.2 Å². The van der Waals surface area contributed by atoms with Gasteiger partial charge in [-0.05, 0) is 35.4 Å². The number of nitrogen functional groups attached to an aromatic ring is 1. The van der Waals surface area contributed by atoms with Crippen LogP contribution in [0.15, 0.2) is 47.8 Å². The smallest absolute Gasteiger partial charge is 0.231 e. The third kappa shape index (κ3) is 3.18. The lowest BCUT2D eigenvalue weighted by Crippen LogP contribution is -2.03. The van der Waals surface area contributed by atoms with Crippen molar-refractivity contribution in [2.75, 3.05) is 12.5 Å². The number of anilines is 1. The molecule has 7 nitrogen and oxygen atoms in total. The highest BCUT2D eigenvalue weighted by atomic mass is 32.2. The number of ether oxygens (including phenoxy) is 2. The van der Waals surface area contributed by atoms with Crippen molar-refractivity contribution >= 4 is 17.6 Å². The van der Waals surface area contributed by atoms with Gasteiger partial charge in [-0.2, -0.15) is 10.5 Å². The molecule has 28 heavy (non-hydrogen) atoms. The number of aromatic nitrogens is 2. The van der Waals surface area contributed by atoms with E-state index in [2.05, 4.69) is 22.1 Å². The molecule has 0 aliphatic carbocycles. The van der Waals surface area contributed by atoms with Crippen LogP contribution in [0.2, 0.25) is 0 Å². The fourth-order valence-corrected chi connectivity index (χ4v) is 3.82. The maximum absolute atomic E-state index is 9.84. The normalized spacial score (nSPS) is 11.6. The largest absolute Gasteiger partial charge is 0.454 e. The summed E-state index contributed by atoms with van der Waals surface area (Å²) in [4.78, 5) is 8.31. The van der Waals surface area contributed by atoms with E-state index < -0.39 is 0 Å². The second-order valence-electron chi connectivity index (χ2n) is 5.86. The zero-order chi connectivity index (χ0) is 19.5. The van der Waals surface area contributed by atoms with Gasteiger partial charge < -0.3 is 15.2 Å². The molecule has 0 amide bonds. The molecule has 0 radical (unpaired) electrons. The summed E-state index contributed by atoms with van der Waals surface area (Å²) in [5.41, 5.74) is 8.67. The number of nitrogens with two attached hydrogens (primary N) is 1. The van der Waals surface area contributed by atoms with Crippen molar-refractivity contribution in [3.8, 4) is 34.8 Å². The minimum absolute atomic E-state index is 0.0893. The lowest BCUT2D eigenvalue weighted by atomic mass is 9.96. The van der Waals surface area contributed by atoms with E-state index in [1.54, 1.807) is 30.6 Å². The van der Waals surface area contributed by atoms with Crippen LogP contribution < -0.4 is 15.2 Å². The monoisotopic (exact) mass is 387 g/mol. The molecule has 0 fully saturated rings. The van der Waals surface area contributed by atoms with Gasteiger partial charge in [0.05, 0.1) is 5.56 Å². The Morgan fingerprint density at radius 2 is 1.79 bits per heavy atom. The number of rotatable bonds is 4. The summed E-state index contributed by atoms with van der Waals surface area (Å²) >= 11 is 1.39. The highest BCUT2D eigenvalue weighted by molar-refractivity contribution is 7.98. The highest BCUT2D eigenvalue weighted by Gasteiger charge is 2.23. The number of nitrogens with zero attached hydrogens (tertiary/aromatic N) is 4. The van der Waals surface area contributed by atoms with Crippen molar-refractivity contribution in [2.24, 2.45) is 0 Å². The maximum atomic E-state index is 9.84. The first-order valence-corrected chi connectivity index (χ1v) is 9.25. The summed E-state index contributed by atoms with van der Waals surface area (Å²) in [5.74, 6) is 1.86. The molecule has 0 bridgehead atoms. The Balaban J connectivity index is 1.81. The molecule has 0 unspecified atom stereocenters. The van der Waals surface area contributed by atoms with Crippen molar-refractivity contribution in [1.29, 1.82) is 10.5 Å². The van der Waals surface area contributed by atoms with Gasteiger partial charge in [0, 0.05) is 23.7 Å². The Morgan fingerprint density at radius 3 is 2.54 bits per heavy atom. The average molecular weight is 387 g/mol. The van der Waals surface area contributed by atoms with Gasteiger partial charge in [0.25, 0.3) is 0 Å². The van der Waals surface area contributed by atoms with E-state index in [0.717, 1.165) is 5.56 Å². The van der Waals surface area contributed by atoms with Crippen LogP contribution in [-0.4, -0.2) is 16.8 Å². The van der Waals surface area contributed by atoms with Crippen LogP contribution in [0.1, 0.15) is 16.7 Å². The Hall–Kier alpha value is -3.75. The second-order valence-corrected chi connectivity index (χ2v) is 6.83. The summed E-state index contributed by atoms with van der Waals surface area (Å²) in [6, 6.07) is 13.3. The fourth-order valence-electron chi connectivity index (χ4n) is 2.87. The predicted molar refractivity (Wildman–Crippen MR) is 103 cm³/mol. The molecule has 1 aliphatic rings. The summed E-state index contributed by atoms with van der Waals surface area (Å²) in [6.07, 6.45) is 3.42. The third-order valence-electron chi connectivity index (χ3n) is 4.20. The molecule has 1 aliphatic heterocycles. The minimum Gasteiger partial charge on any atom is -0.454 e. The van der Waals surface area contributed by atoms with Gasteiger partial charge in [-0.25, -0.2) is 4.98 Å². The molecule has 0 saturated carbocycles. The number of benzene rings is 1. The molecule has 1 aromatic carbocycles. The standard InChI is InChI=1S/C20H13N5O2S/c21-8-14-18(13-1-2-16-17(7-13)27-11-26-16)15(9-22)20(25-19(14)23)28-10-12-3-5-24-6-4-12/h1-7H,10-11H2,(H2,23,25). The summed E-state index contributed by atoms with van der Waals surface area (Å²) in [5, 5.41) is 19.9. The van der Waals surface area contributed by atoms with Gasteiger partial charge in [-0.1, -0.05) is 6.07 Å². The molecule has 0 spiro atoms. The zero-order valence-electron chi connectivity index (χ0n) is 14.5. The van der Waals surface area contributed by atoms with Crippen LogP contribution in [0.3, 0.4) is 0 Å². The molecule has 0 saturated heterocycles. The molecule has 8 heteroatoms. The number of nitriles is 2. The van der Waals surface area contributed by atoms with Crippen molar-refractivity contribution in [3.63, 3.8) is 0 Å². The Morgan fingerprint density at radius 1 is 1.04 bits per heavy atom. The van der Waals surface area contributed by atoms with Gasteiger partial charge in [0.15, 0.2) is 11.5 Å². The Bertz CT molecular complexity index is 1140. The summed E-state index contributed by atoms with van der Waals surface area (Å²) in [6.45, 7) is 0.139. The second kappa shape index (κ2) is 7.47. The third-order valence-corrected chi connectivity index (χ3v) is 5.25. The molecule has 2 N–H and O–H groups in total. The SMILES string of the molecule is N#Cc1c(N)nc(SCc2ccncc2)c(C#N)c1-c1ccc2c(c1)OCO2. The quantitative estimate of drug-likeness (QED) is 0.676. The number of fused-ring (bicyclic) bond motifs is 1. The van der Waals surface area contributed by atoms with Crippen LogP contribution in [-0.2, 0) is 5.75 Å². The van der Waals surface area contributed by atoms with Gasteiger partial charge in [0.1, 0.15) is 28.5 Å². The number of thioether (sulfide) groups is 1. The molecule has 4 rings (SSSR count). The van der Waals surface area contributed by atoms with E-state index in [1.165, 1.54) is 11.8 Å². The van der Waals surface area contributed by atoms with E-state index in [9.17, 15) is 10.5 Å². The Kier molecular flexibility index (Phi) is 4.71. The minimum atomic E-state index is 0.0893. The fraction of sp³-hybridized carbons (Fsp3) is 0.100. The van der Waals surface area contributed by atoms with Crippen LogP contribution in [0, 0.1) is 22.7 Å². The van der Waals surface area contributed by atoms with E-state index in [0.29, 0.717) is 39.0 Å². The summed E-state index contributed by atoms with van der Waals surface area (Å²) < 4.78 is 10.8. The van der Waals surface area contributed by atoms with Gasteiger partial charge >= 0.3 is 0 Å². The molecule has 3 aromatic rings. The van der Waals surface area contributed by atoms with Gasteiger partial charge in [-0.3, -0.25) is 4.98 Å². The van der Waals surface area contributed by atoms with Gasteiger partial charge in [0.2, 0.25) is 6.79 Å². The van der Waals surface area contributed by atoms with Crippen molar-refractivity contribution in [1.82, 2.24) is 9.97 Å². The lowest BCUT2D eigenvalue weighted by Gasteiger charge is -2.13. The topological polar surface area (TPSA) is 118 Å². The number of pyridine rings is 2. The van der Waals surface area contributed by atoms with Crippen LogP contribution >= 0.6 is 11.8 Å². The summed E-state index contributed by atoms with van der Waals surface area (Å²) in [7, 11) is 0. The van der Waals surface area contributed by atoms with Crippen molar-refractivity contribution in [2.45, 2.75) is 10.8 Å². The Labute approximate surface area is 165 Å². The first-order valence-electron chi connectivity index (χ1n) is 8.26. The van der Waals surface area contributed by atoms with E-state index in [4.69, 9.17) is 15.2 Å². The maximum Gasteiger partial charge on any atom is 0.231 e. The van der Waals surface area contributed by atoms with Gasteiger partial charge in [-0.15, -0.1) is 11.8 Å². The average Bonchev–Trinajstić information content (AvgIpc) is 3.20. The van der Waals surface area contributed by atoms with Crippen LogP contribution in [0.4, 0.5) is 5.82 Å². The first-order chi connectivity index (χ1) is 13.7. The predicted octanol–water partition coefficient (Wildman–Crippen LogP) is 3.49. The van der Waals surface area contributed by atoms with Crippen LogP contribution in [0.5, 0.6) is 11.5 Å².